The lowest BCUT2D eigenvalue weighted by Gasteiger charge is -2.04. The molecule has 0 amide bonds. The molecule has 0 aliphatic carbocycles. The third kappa shape index (κ3) is 2.71. The molecule has 0 saturated heterocycles. The van der Waals surface area contributed by atoms with Gasteiger partial charge in [-0.15, -0.1) is 0 Å². The van der Waals surface area contributed by atoms with Crippen molar-refractivity contribution in [3.8, 4) is 0 Å². The first kappa shape index (κ1) is 12.9. The summed E-state index contributed by atoms with van der Waals surface area (Å²) in [5.41, 5.74) is 2.77. The van der Waals surface area contributed by atoms with Crippen molar-refractivity contribution >= 4 is 22.5 Å². The molecule has 2 nitrogen and oxygen atoms in total. The predicted octanol–water partition coefficient (Wildman–Crippen LogP) is 3.72. The van der Waals surface area contributed by atoms with Gasteiger partial charge in [0.2, 0.25) is 0 Å². The van der Waals surface area contributed by atoms with E-state index >= 15 is 0 Å². The van der Waals surface area contributed by atoms with Crippen LogP contribution >= 0.6 is 11.6 Å². The maximum atomic E-state index is 9.16. The summed E-state index contributed by atoms with van der Waals surface area (Å²) in [6, 6.07) is 5.80. The minimum absolute atomic E-state index is 0.00676. The number of fused-ring (bicyclic) bond motifs is 1. The van der Waals surface area contributed by atoms with Gasteiger partial charge < -0.3 is 5.11 Å². The van der Waals surface area contributed by atoms with Crippen molar-refractivity contribution in [3.63, 3.8) is 0 Å². The predicted molar refractivity (Wildman–Crippen MR) is 68.8 cm³/mol. The number of aliphatic hydroxyl groups excluding tert-OH is 1. The second-order valence-electron chi connectivity index (χ2n) is 3.31. The Labute approximate surface area is 101 Å². The minimum Gasteiger partial charge on any atom is -0.392 e. The monoisotopic (exact) mass is 237 g/mol. The first-order chi connectivity index (χ1) is 7.70. The number of nitrogens with zero attached hydrogens (tertiary/aromatic N) is 1. The van der Waals surface area contributed by atoms with Crippen LogP contribution in [0.2, 0.25) is 5.02 Å². The van der Waals surface area contributed by atoms with Crippen molar-refractivity contribution in [1.29, 1.82) is 0 Å². The Morgan fingerprint density at radius 3 is 2.56 bits per heavy atom. The normalized spacial score (nSPS) is 9.81. The van der Waals surface area contributed by atoms with E-state index in [1.54, 1.807) is 6.20 Å². The topological polar surface area (TPSA) is 33.1 Å². The van der Waals surface area contributed by atoms with Crippen LogP contribution in [-0.2, 0) is 6.61 Å². The fraction of sp³-hybridized carbons (Fsp3) is 0.308. The Kier molecular flexibility index (Phi) is 4.71. The van der Waals surface area contributed by atoms with E-state index in [2.05, 4.69) is 4.98 Å². The zero-order valence-corrected chi connectivity index (χ0v) is 10.5. The van der Waals surface area contributed by atoms with Gasteiger partial charge in [-0.1, -0.05) is 37.1 Å². The molecule has 86 valence electrons. The first-order valence-corrected chi connectivity index (χ1v) is 5.74. The SMILES string of the molecule is CC.Cc1cc(CO)c2ncc(Cl)cc2c1. The molecule has 1 N–H and O–H groups in total. The standard InChI is InChI=1S/C11H10ClNO.C2H6/c1-7-2-8-4-10(12)5-13-11(8)9(3-7)6-14;1-2/h2-5,14H,6H2,1H3;1-2H3. The number of hydrogen-bond donors (Lipinski definition) is 1. The molecule has 0 radical (unpaired) electrons. The molecule has 3 heteroatoms. The molecule has 1 heterocycles. The molecule has 0 bridgehead atoms. The number of aromatic nitrogens is 1. The van der Waals surface area contributed by atoms with E-state index in [-0.39, 0.29) is 6.61 Å². The summed E-state index contributed by atoms with van der Waals surface area (Å²) in [5.74, 6) is 0. The average molecular weight is 238 g/mol. The molecule has 0 fully saturated rings. The number of halogens is 1. The quantitative estimate of drug-likeness (QED) is 0.820. The van der Waals surface area contributed by atoms with Gasteiger partial charge in [-0.25, -0.2) is 0 Å². The highest BCUT2D eigenvalue weighted by Crippen LogP contribution is 2.21. The van der Waals surface area contributed by atoms with Gasteiger partial charge in [0.25, 0.3) is 0 Å². The number of aryl methyl sites for hydroxylation is 1. The Hall–Kier alpha value is -1.12. The zero-order valence-electron chi connectivity index (χ0n) is 9.79. The first-order valence-electron chi connectivity index (χ1n) is 5.36. The van der Waals surface area contributed by atoms with Gasteiger partial charge in [0.1, 0.15) is 0 Å². The molecule has 0 aliphatic rings. The molecule has 1 aromatic heterocycles. The molecular formula is C13H16ClNO. The van der Waals surface area contributed by atoms with Crippen LogP contribution in [-0.4, -0.2) is 10.1 Å². The second kappa shape index (κ2) is 5.83. The van der Waals surface area contributed by atoms with Crippen LogP contribution in [0, 0.1) is 6.92 Å². The molecular weight excluding hydrogens is 222 g/mol. The summed E-state index contributed by atoms with van der Waals surface area (Å²) >= 11 is 5.84. The van der Waals surface area contributed by atoms with Gasteiger partial charge in [-0.3, -0.25) is 4.98 Å². The van der Waals surface area contributed by atoms with Crippen molar-refractivity contribution < 1.29 is 5.11 Å². The third-order valence-corrected chi connectivity index (χ3v) is 2.35. The Morgan fingerprint density at radius 1 is 1.25 bits per heavy atom. The lowest BCUT2D eigenvalue weighted by Crippen LogP contribution is -1.90. The number of rotatable bonds is 1. The van der Waals surface area contributed by atoms with Crippen molar-refractivity contribution in [2.75, 3.05) is 0 Å². The molecule has 16 heavy (non-hydrogen) atoms. The van der Waals surface area contributed by atoms with Gasteiger partial charge in [0.05, 0.1) is 17.1 Å². The van der Waals surface area contributed by atoms with Crippen LogP contribution in [0.4, 0.5) is 0 Å². The highest BCUT2D eigenvalue weighted by Gasteiger charge is 2.03. The van der Waals surface area contributed by atoms with E-state index in [1.807, 2.05) is 39.0 Å². The molecule has 0 spiro atoms. The van der Waals surface area contributed by atoms with E-state index in [1.165, 1.54) is 0 Å². The van der Waals surface area contributed by atoms with Gasteiger partial charge in [-0.05, 0) is 19.1 Å². The number of benzene rings is 1. The Bertz CT molecular complexity index is 477. The van der Waals surface area contributed by atoms with Crippen molar-refractivity contribution in [1.82, 2.24) is 4.98 Å². The number of pyridine rings is 1. The molecule has 0 aliphatic heterocycles. The molecule has 0 unspecified atom stereocenters. The zero-order chi connectivity index (χ0) is 12.1. The Balaban J connectivity index is 0.000000606. The highest BCUT2D eigenvalue weighted by atomic mass is 35.5. The molecule has 2 aromatic rings. The summed E-state index contributed by atoms with van der Waals surface area (Å²) in [6.45, 7) is 5.99. The Morgan fingerprint density at radius 2 is 1.94 bits per heavy atom. The van der Waals surface area contributed by atoms with Gasteiger partial charge >= 0.3 is 0 Å². The van der Waals surface area contributed by atoms with Crippen LogP contribution < -0.4 is 0 Å². The lowest BCUT2D eigenvalue weighted by atomic mass is 10.1. The fourth-order valence-corrected chi connectivity index (χ4v) is 1.75. The molecule has 0 atom stereocenters. The van der Waals surface area contributed by atoms with Gasteiger partial charge in [0.15, 0.2) is 0 Å². The van der Waals surface area contributed by atoms with E-state index in [9.17, 15) is 0 Å². The molecule has 2 rings (SSSR count). The average Bonchev–Trinajstić information content (AvgIpc) is 2.30. The fourth-order valence-electron chi connectivity index (χ4n) is 1.58. The molecule has 1 aromatic carbocycles. The molecule has 0 saturated carbocycles. The van der Waals surface area contributed by atoms with Crippen LogP contribution in [0.1, 0.15) is 25.0 Å². The number of hydrogen-bond acceptors (Lipinski definition) is 2. The summed E-state index contributed by atoms with van der Waals surface area (Å²) < 4.78 is 0. The van der Waals surface area contributed by atoms with Gasteiger partial charge in [-0.2, -0.15) is 0 Å². The lowest BCUT2D eigenvalue weighted by molar-refractivity contribution is 0.283. The van der Waals surface area contributed by atoms with Crippen LogP contribution in [0.15, 0.2) is 24.4 Å². The minimum atomic E-state index is 0.00676. The van der Waals surface area contributed by atoms with Crippen LogP contribution in [0.5, 0.6) is 0 Å². The van der Waals surface area contributed by atoms with Crippen LogP contribution in [0.25, 0.3) is 10.9 Å². The summed E-state index contributed by atoms with van der Waals surface area (Å²) in [7, 11) is 0. The maximum Gasteiger partial charge on any atom is 0.0758 e. The second-order valence-corrected chi connectivity index (χ2v) is 3.74. The van der Waals surface area contributed by atoms with Gasteiger partial charge in [0, 0.05) is 17.1 Å². The summed E-state index contributed by atoms with van der Waals surface area (Å²) in [6.07, 6.45) is 1.60. The van der Waals surface area contributed by atoms with Crippen molar-refractivity contribution in [2.45, 2.75) is 27.4 Å². The van der Waals surface area contributed by atoms with E-state index in [0.29, 0.717) is 5.02 Å². The van der Waals surface area contributed by atoms with Crippen LogP contribution in [0.3, 0.4) is 0 Å². The third-order valence-electron chi connectivity index (χ3n) is 2.14. The summed E-state index contributed by atoms with van der Waals surface area (Å²) in [4.78, 5) is 4.20. The number of aliphatic hydroxyl groups is 1. The van der Waals surface area contributed by atoms with E-state index in [0.717, 1.165) is 22.0 Å². The smallest absolute Gasteiger partial charge is 0.0758 e. The van der Waals surface area contributed by atoms with E-state index < -0.39 is 0 Å². The van der Waals surface area contributed by atoms with Crippen molar-refractivity contribution in [3.05, 3.63) is 40.5 Å². The van der Waals surface area contributed by atoms with Crippen molar-refractivity contribution in [2.24, 2.45) is 0 Å². The largest absolute Gasteiger partial charge is 0.392 e. The summed E-state index contributed by atoms with van der Waals surface area (Å²) in [5, 5.41) is 10.7. The van der Waals surface area contributed by atoms with E-state index in [4.69, 9.17) is 16.7 Å². The maximum absolute atomic E-state index is 9.16. The highest BCUT2D eigenvalue weighted by molar-refractivity contribution is 6.31.